The number of benzene rings is 1. The second-order valence-electron chi connectivity index (χ2n) is 13.2. The maximum absolute atomic E-state index is 12.8. The Bertz CT molecular complexity index is 1560. The number of likely N-dealkylation sites (tertiary alicyclic amines) is 1. The predicted octanol–water partition coefficient (Wildman–Crippen LogP) is 5.12. The molecule has 3 radical (unpaired) electrons. The normalized spacial score (nSPS) is 16.9. The first kappa shape index (κ1) is 39.5. The van der Waals surface area contributed by atoms with Crippen LogP contribution in [0, 0.1) is 19.8 Å². The molecule has 2 aliphatic heterocycles. The van der Waals surface area contributed by atoms with Crippen molar-refractivity contribution < 1.29 is 19.1 Å². The van der Waals surface area contributed by atoms with E-state index in [1.54, 1.807) is 7.11 Å². The Morgan fingerprint density at radius 3 is 2.40 bits per heavy atom. The molecule has 271 valence electrons. The number of aromatic nitrogens is 3. The average molecular weight is 794 g/mol. The fourth-order valence-electron chi connectivity index (χ4n) is 7.03. The molecule has 0 spiro atoms. The van der Waals surface area contributed by atoms with Gasteiger partial charge >= 0.3 is 138 Å². The zero-order valence-corrected chi connectivity index (χ0v) is 33.8. The van der Waals surface area contributed by atoms with E-state index in [0.29, 0.717) is 30.3 Å². The number of carbonyl (C=O) groups excluding carboxylic acids is 2. The number of ether oxygens (including phenoxy) is 2. The molecule has 0 saturated carbocycles. The molecule has 2 atom stereocenters. The summed E-state index contributed by atoms with van der Waals surface area (Å²) in [6.07, 6.45) is 4.92. The molecule has 1 amide bonds. The van der Waals surface area contributed by atoms with E-state index < -0.39 is 0 Å². The van der Waals surface area contributed by atoms with E-state index in [4.69, 9.17) is 20.3 Å². The van der Waals surface area contributed by atoms with E-state index in [1.807, 2.05) is 42.5 Å². The molecule has 0 aliphatic carbocycles. The number of esters is 1. The fraction of sp³-hybridized carbons (Fsp3) is 0.579. The Kier molecular flexibility index (Phi) is 15.3. The number of nitrogens with two attached hydrogens (primary N) is 1. The van der Waals surface area contributed by atoms with Crippen LogP contribution in [0.4, 0.5) is 11.5 Å². The van der Waals surface area contributed by atoms with Gasteiger partial charge in [0.15, 0.2) is 11.6 Å². The first-order valence-electron chi connectivity index (χ1n) is 18.1. The molecule has 1 aromatic carbocycles. The smallest absolute Gasteiger partial charge is 0.173 e. The number of nitrogens with zero attached hydrogens (tertiary/aromatic N) is 6. The van der Waals surface area contributed by atoms with Crippen molar-refractivity contribution in [3.63, 3.8) is 0 Å². The zero-order valence-electron chi connectivity index (χ0n) is 30.9. The fourth-order valence-corrected chi connectivity index (χ4v) is 7.53. The van der Waals surface area contributed by atoms with Crippen molar-refractivity contribution in [1.29, 1.82) is 0 Å². The monoisotopic (exact) mass is 794 g/mol. The van der Waals surface area contributed by atoms with Gasteiger partial charge in [0.25, 0.3) is 0 Å². The number of piperazine rings is 1. The molecule has 2 aliphatic rings. The number of rotatable bonds is 14. The molecule has 0 bridgehead atoms. The van der Waals surface area contributed by atoms with E-state index >= 15 is 0 Å². The molecule has 2 unspecified atom stereocenters. The summed E-state index contributed by atoms with van der Waals surface area (Å²) in [4.78, 5) is 36.9. The third kappa shape index (κ3) is 10.6. The first-order chi connectivity index (χ1) is 24.2. The zero-order chi connectivity index (χ0) is 36.2. The molecule has 50 heavy (non-hydrogen) atoms. The molecule has 11 nitrogen and oxygen atoms in total. The van der Waals surface area contributed by atoms with Crippen LogP contribution in [0.2, 0.25) is 4.44 Å². The summed E-state index contributed by atoms with van der Waals surface area (Å²) in [5, 5.41) is 4.81. The van der Waals surface area contributed by atoms with E-state index in [-0.39, 0.29) is 17.8 Å². The third-order valence-electron chi connectivity index (χ3n) is 9.68. The van der Waals surface area contributed by atoms with Gasteiger partial charge in [-0.05, 0) is 63.8 Å². The number of carbonyl (C=O) groups is 2. The van der Waals surface area contributed by atoms with E-state index in [2.05, 4.69) is 46.0 Å². The van der Waals surface area contributed by atoms with Crippen molar-refractivity contribution in [3.05, 3.63) is 59.0 Å². The third-order valence-corrected chi connectivity index (χ3v) is 10.7. The Hall–Kier alpha value is -3.32. The van der Waals surface area contributed by atoms with E-state index in [0.717, 1.165) is 110 Å². The van der Waals surface area contributed by atoms with Crippen LogP contribution in [-0.4, -0.2) is 119 Å². The van der Waals surface area contributed by atoms with Gasteiger partial charge in [0, 0.05) is 24.5 Å². The number of aryl methyl sites for hydroxylation is 3. The summed E-state index contributed by atoms with van der Waals surface area (Å²) in [5.74, 6) is 1.59. The van der Waals surface area contributed by atoms with Crippen LogP contribution in [0.15, 0.2) is 36.4 Å². The van der Waals surface area contributed by atoms with Crippen molar-refractivity contribution in [2.45, 2.75) is 76.6 Å². The second-order valence-corrected chi connectivity index (χ2v) is 14.6. The molecule has 2 N–H and O–H groups in total. The number of amides is 1. The maximum atomic E-state index is 12.8. The number of anilines is 2. The van der Waals surface area contributed by atoms with Crippen LogP contribution in [0.1, 0.15) is 74.5 Å². The van der Waals surface area contributed by atoms with Crippen molar-refractivity contribution in [2.24, 2.45) is 5.92 Å². The number of hydrogen-bond donors (Lipinski definition) is 1. The summed E-state index contributed by atoms with van der Waals surface area (Å²) >= 11 is 1.48. The summed E-state index contributed by atoms with van der Waals surface area (Å²) in [6.45, 7) is 13.8. The van der Waals surface area contributed by atoms with Crippen molar-refractivity contribution in [2.75, 3.05) is 70.7 Å². The molecule has 2 saturated heterocycles. The average Bonchev–Trinajstić information content (AvgIpc) is 3.74. The number of nitrogen functional groups attached to an aromatic ring is 1. The molecular formula is C38H56N7O4Sn. The van der Waals surface area contributed by atoms with Gasteiger partial charge in [-0.1, -0.05) is 13.8 Å². The number of methoxy groups -OCH3 is 2. The standard InChI is InChI=1S/C36H50N7O4.C2H6.Sn/c1-6-7-34(44)42-16-14-41(15-17-42)31-19-28(20-32(22-31)43-26(3)18-25(2)39-43)29(21-35(45)47-5)24-40-13-12-27(23-40)8-9-30-10-11-33(46-4)36(37)38-30;1-2;/h10-11,18-20,22,27,29H,1,6-9,12-17,21,23-24H2,2-5H3,(H2,37,38);1-2H3;. The van der Waals surface area contributed by atoms with Gasteiger partial charge in [-0.25, -0.2) is 4.98 Å². The van der Waals surface area contributed by atoms with Gasteiger partial charge in [0.2, 0.25) is 0 Å². The van der Waals surface area contributed by atoms with Gasteiger partial charge < -0.3 is 20.1 Å². The van der Waals surface area contributed by atoms with Crippen molar-refractivity contribution in [1.82, 2.24) is 24.6 Å². The summed E-state index contributed by atoms with van der Waals surface area (Å²) in [6, 6.07) is 12.6. The summed E-state index contributed by atoms with van der Waals surface area (Å²) in [5.41, 5.74) is 12.2. The van der Waals surface area contributed by atoms with Crippen LogP contribution in [0.25, 0.3) is 5.69 Å². The summed E-state index contributed by atoms with van der Waals surface area (Å²) in [7, 11) is 3.07. The van der Waals surface area contributed by atoms with Crippen LogP contribution < -0.4 is 15.4 Å². The Morgan fingerprint density at radius 1 is 1.02 bits per heavy atom. The number of pyridine rings is 1. The Balaban J connectivity index is 0.00000276. The molecule has 5 rings (SSSR count). The molecule has 3 aromatic rings. The minimum absolute atomic E-state index is 0.0471. The number of hydrogen-bond acceptors (Lipinski definition) is 9. The first-order valence-corrected chi connectivity index (χ1v) is 20.1. The van der Waals surface area contributed by atoms with E-state index in [1.165, 1.54) is 29.6 Å². The second kappa shape index (κ2) is 19.3. The van der Waals surface area contributed by atoms with Gasteiger partial charge in [-0.3, -0.25) is 4.79 Å². The minimum Gasteiger partial charge on any atom is -0.173 e. The molecule has 12 heteroatoms. The predicted molar refractivity (Wildman–Crippen MR) is 200 cm³/mol. The van der Waals surface area contributed by atoms with Gasteiger partial charge in [-0.2, -0.15) is 5.10 Å². The van der Waals surface area contributed by atoms with Crippen LogP contribution in [-0.2, 0) is 20.7 Å². The quantitative estimate of drug-likeness (QED) is 0.175. The van der Waals surface area contributed by atoms with E-state index in [9.17, 15) is 9.59 Å². The van der Waals surface area contributed by atoms with Crippen LogP contribution in [0.3, 0.4) is 0 Å². The van der Waals surface area contributed by atoms with Gasteiger partial charge in [0.1, 0.15) is 0 Å². The Labute approximate surface area is 312 Å². The minimum atomic E-state index is -0.210. The molecular weight excluding hydrogens is 737 g/mol. The SMILES string of the molecule is CC.COC(=O)CC(CN1CCC(CCc2ccc(OC)c(N)n2)C1)c1cc(N2CCN(C(=O)CC[CH2][Sn])CC2)cc(-n2nc(C)cc2C)c1. The van der Waals surface area contributed by atoms with Crippen LogP contribution in [0.5, 0.6) is 5.75 Å². The molecule has 2 aromatic heterocycles. The molecule has 4 heterocycles. The van der Waals surface area contributed by atoms with Crippen LogP contribution >= 0.6 is 0 Å². The summed E-state index contributed by atoms with van der Waals surface area (Å²) < 4.78 is 13.6. The van der Waals surface area contributed by atoms with Gasteiger partial charge in [-0.15, -0.1) is 0 Å². The van der Waals surface area contributed by atoms with Crippen molar-refractivity contribution >= 4 is 45.9 Å². The van der Waals surface area contributed by atoms with Crippen molar-refractivity contribution in [3.8, 4) is 11.4 Å². The Morgan fingerprint density at radius 2 is 1.76 bits per heavy atom. The topological polar surface area (TPSA) is 119 Å². The molecule has 2 fully saturated rings. The van der Waals surface area contributed by atoms with Gasteiger partial charge in [0.05, 0.1) is 26.3 Å².